The van der Waals surface area contributed by atoms with Crippen LogP contribution in [0, 0.1) is 0 Å². The van der Waals surface area contributed by atoms with Gasteiger partial charge in [0.25, 0.3) is 10.0 Å². The molecule has 1 aromatic heterocycles. The van der Waals surface area contributed by atoms with Gasteiger partial charge in [0.15, 0.2) is 0 Å². The summed E-state index contributed by atoms with van der Waals surface area (Å²) in [5.41, 5.74) is 1.99. The number of nitrogens with zero attached hydrogens (tertiary/aromatic N) is 2. The Labute approximate surface area is 168 Å². The Morgan fingerprint density at radius 3 is 2.33 bits per heavy atom. The van der Waals surface area contributed by atoms with Crippen molar-refractivity contribution >= 4 is 44.6 Å². The Bertz CT molecular complexity index is 889. The highest BCUT2D eigenvalue weighted by atomic mass is 35.5. The molecule has 2 aromatic rings. The van der Waals surface area contributed by atoms with Crippen LogP contribution < -0.4 is 5.32 Å². The minimum Gasteiger partial charge on any atom is -0.325 e. The molecule has 0 spiro atoms. The molecule has 1 saturated heterocycles. The van der Waals surface area contributed by atoms with Crippen LogP contribution in [-0.2, 0) is 21.2 Å². The fraction of sp³-hybridized carbons (Fsp3) is 0.389. The summed E-state index contributed by atoms with van der Waals surface area (Å²) in [6.45, 7) is 4.07. The van der Waals surface area contributed by atoms with Gasteiger partial charge < -0.3 is 5.32 Å². The molecule has 0 unspecified atom stereocenters. The zero-order chi connectivity index (χ0) is 19.4. The first-order valence-corrected chi connectivity index (χ1v) is 11.4. The van der Waals surface area contributed by atoms with E-state index in [9.17, 15) is 13.2 Å². The summed E-state index contributed by atoms with van der Waals surface area (Å²) < 4.78 is 27.4. The average molecular weight is 428 g/mol. The van der Waals surface area contributed by atoms with Crippen LogP contribution in [-0.4, -0.2) is 56.3 Å². The predicted molar refractivity (Wildman–Crippen MR) is 109 cm³/mol. The first-order valence-electron chi connectivity index (χ1n) is 8.75. The lowest BCUT2D eigenvalue weighted by molar-refractivity contribution is -0.117. The molecule has 146 valence electrons. The van der Waals surface area contributed by atoms with Crippen LogP contribution in [0.2, 0.25) is 4.34 Å². The summed E-state index contributed by atoms with van der Waals surface area (Å²) in [4.78, 5) is 14.2. The summed E-state index contributed by atoms with van der Waals surface area (Å²) in [5, 5.41) is 2.89. The second kappa shape index (κ2) is 8.70. The molecule has 1 amide bonds. The van der Waals surface area contributed by atoms with Gasteiger partial charge in [-0.1, -0.05) is 30.7 Å². The van der Waals surface area contributed by atoms with E-state index in [1.807, 2.05) is 29.2 Å². The van der Waals surface area contributed by atoms with Gasteiger partial charge in [-0.2, -0.15) is 4.31 Å². The van der Waals surface area contributed by atoms with Crippen LogP contribution >= 0.6 is 22.9 Å². The summed E-state index contributed by atoms with van der Waals surface area (Å²) in [6.07, 6.45) is 0.957. The number of thiophene rings is 1. The maximum absolute atomic E-state index is 12.6. The molecular weight excluding hydrogens is 406 g/mol. The van der Waals surface area contributed by atoms with E-state index in [2.05, 4.69) is 12.2 Å². The van der Waals surface area contributed by atoms with Crippen molar-refractivity contribution in [2.75, 3.05) is 38.0 Å². The second-order valence-corrected chi connectivity index (χ2v) is 10.2. The van der Waals surface area contributed by atoms with Gasteiger partial charge in [-0.3, -0.25) is 9.69 Å². The highest BCUT2D eigenvalue weighted by Gasteiger charge is 2.30. The summed E-state index contributed by atoms with van der Waals surface area (Å²) in [5.74, 6) is -0.0967. The van der Waals surface area contributed by atoms with E-state index < -0.39 is 10.0 Å². The number of carbonyl (C=O) groups excluding carboxylic acids is 1. The molecule has 3 rings (SSSR count). The van der Waals surface area contributed by atoms with Gasteiger partial charge in [0.05, 0.1) is 10.9 Å². The standard InChI is InChI=1S/C18H22ClN3O3S2/c1-2-14-3-5-15(6-4-14)20-17(23)13-21-9-11-22(12-10-21)27(24,25)18-8-7-16(19)26-18/h3-8H,2,9-13H2,1H3,(H,20,23). The number of hydrogen-bond acceptors (Lipinski definition) is 5. The molecule has 1 N–H and O–H groups in total. The number of benzene rings is 1. The molecule has 2 heterocycles. The fourth-order valence-corrected chi connectivity index (χ4v) is 5.98. The van der Waals surface area contributed by atoms with Crippen LogP contribution in [0.5, 0.6) is 0 Å². The zero-order valence-electron chi connectivity index (χ0n) is 15.0. The third kappa shape index (κ3) is 5.08. The fourth-order valence-electron chi connectivity index (χ4n) is 2.92. The molecular formula is C18H22ClN3O3S2. The molecule has 9 heteroatoms. The normalized spacial score (nSPS) is 16.4. The van der Waals surface area contributed by atoms with Crippen molar-refractivity contribution in [3.8, 4) is 0 Å². The van der Waals surface area contributed by atoms with Crippen molar-refractivity contribution in [3.05, 3.63) is 46.3 Å². The number of rotatable bonds is 6. The molecule has 0 bridgehead atoms. The van der Waals surface area contributed by atoms with Gasteiger partial charge in [0, 0.05) is 31.9 Å². The van der Waals surface area contributed by atoms with Crippen LogP contribution in [0.25, 0.3) is 0 Å². The number of carbonyl (C=O) groups is 1. The Kier molecular flexibility index (Phi) is 6.54. The Hall–Kier alpha value is -1.45. The van der Waals surface area contributed by atoms with Crippen LogP contribution in [0.4, 0.5) is 5.69 Å². The van der Waals surface area contributed by atoms with Crippen molar-refractivity contribution in [1.29, 1.82) is 0 Å². The Balaban J connectivity index is 1.50. The highest BCUT2D eigenvalue weighted by Crippen LogP contribution is 2.28. The third-order valence-electron chi connectivity index (χ3n) is 4.49. The second-order valence-electron chi connectivity index (χ2n) is 6.34. The van der Waals surface area contributed by atoms with Gasteiger partial charge in [0.1, 0.15) is 4.21 Å². The molecule has 0 aliphatic carbocycles. The minimum absolute atomic E-state index is 0.0967. The largest absolute Gasteiger partial charge is 0.325 e. The highest BCUT2D eigenvalue weighted by molar-refractivity contribution is 7.91. The molecule has 1 fully saturated rings. The van der Waals surface area contributed by atoms with Crippen LogP contribution in [0.3, 0.4) is 0 Å². The van der Waals surface area contributed by atoms with Crippen molar-refractivity contribution in [1.82, 2.24) is 9.21 Å². The summed E-state index contributed by atoms with van der Waals surface area (Å²) in [7, 11) is -3.51. The van der Waals surface area contributed by atoms with E-state index in [0.29, 0.717) is 30.5 Å². The van der Waals surface area contributed by atoms with E-state index in [0.717, 1.165) is 23.4 Å². The van der Waals surface area contributed by atoms with E-state index in [1.54, 1.807) is 6.07 Å². The van der Waals surface area contributed by atoms with E-state index in [4.69, 9.17) is 11.6 Å². The van der Waals surface area contributed by atoms with Gasteiger partial charge in [-0.15, -0.1) is 11.3 Å². The molecule has 0 saturated carbocycles. The van der Waals surface area contributed by atoms with Gasteiger partial charge in [-0.05, 0) is 36.2 Å². The van der Waals surface area contributed by atoms with Crippen molar-refractivity contribution in [2.45, 2.75) is 17.6 Å². The quantitative estimate of drug-likeness (QED) is 0.769. The van der Waals surface area contributed by atoms with Crippen molar-refractivity contribution in [2.24, 2.45) is 0 Å². The number of amides is 1. The molecule has 0 radical (unpaired) electrons. The summed E-state index contributed by atoms with van der Waals surface area (Å²) >= 11 is 6.91. The Morgan fingerprint density at radius 2 is 1.78 bits per heavy atom. The number of sulfonamides is 1. The topological polar surface area (TPSA) is 69.7 Å². The molecule has 1 aliphatic heterocycles. The lowest BCUT2D eigenvalue weighted by Crippen LogP contribution is -2.50. The predicted octanol–water partition coefficient (Wildman–Crippen LogP) is 2.91. The Morgan fingerprint density at radius 1 is 1.11 bits per heavy atom. The lowest BCUT2D eigenvalue weighted by atomic mass is 10.1. The first kappa shape index (κ1) is 20.3. The molecule has 6 nitrogen and oxygen atoms in total. The minimum atomic E-state index is -3.51. The molecule has 1 aromatic carbocycles. The number of piperazine rings is 1. The smallest absolute Gasteiger partial charge is 0.252 e. The maximum atomic E-state index is 12.6. The van der Waals surface area contributed by atoms with Gasteiger partial charge >= 0.3 is 0 Å². The lowest BCUT2D eigenvalue weighted by Gasteiger charge is -2.33. The SMILES string of the molecule is CCc1ccc(NC(=O)CN2CCN(S(=O)(=O)c3ccc(Cl)s3)CC2)cc1. The van der Waals surface area contributed by atoms with E-state index >= 15 is 0 Å². The average Bonchev–Trinajstić information content (AvgIpc) is 3.10. The monoisotopic (exact) mass is 427 g/mol. The zero-order valence-corrected chi connectivity index (χ0v) is 17.4. The summed E-state index contributed by atoms with van der Waals surface area (Å²) in [6, 6.07) is 10.9. The van der Waals surface area contributed by atoms with Crippen LogP contribution in [0.1, 0.15) is 12.5 Å². The van der Waals surface area contributed by atoms with E-state index in [1.165, 1.54) is 15.9 Å². The van der Waals surface area contributed by atoms with Gasteiger partial charge in [-0.25, -0.2) is 8.42 Å². The van der Waals surface area contributed by atoms with E-state index in [-0.39, 0.29) is 16.7 Å². The number of hydrogen-bond donors (Lipinski definition) is 1. The molecule has 0 atom stereocenters. The first-order chi connectivity index (χ1) is 12.9. The number of halogens is 1. The van der Waals surface area contributed by atoms with Crippen molar-refractivity contribution in [3.63, 3.8) is 0 Å². The van der Waals surface area contributed by atoms with Crippen molar-refractivity contribution < 1.29 is 13.2 Å². The van der Waals surface area contributed by atoms with Gasteiger partial charge in [0.2, 0.25) is 5.91 Å². The number of nitrogens with one attached hydrogen (secondary N) is 1. The maximum Gasteiger partial charge on any atom is 0.252 e. The van der Waals surface area contributed by atoms with Crippen LogP contribution in [0.15, 0.2) is 40.6 Å². The number of anilines is 1. The molecule has 1 aliphatic rings. The number of aryl methyl sites for hydroxylation is 1. The molecule has 27 heavy (non-hydrogen) atoms. The third-order valence-corrected chi connectivity index (χ3v) is 8.08.